The van der Waals surface area contributed by atoms with Crippen LogP contribution >= 0.6 is 0 Å². The van der Waals surface area contributed by atoms with E-state index in [1.165, 1.54) is 0 Å². The van der Waals surface area contributed by atoms with E-state index in [4.69, 9.17) is 0 Å². The van der Waals surface area contributed by atoms with E-state index in [1.807, 2.05) is 31.3 Å². The Bertz CT molecular complexity index is 674. The lowest BCUT2D eigenvalue weighted by atomic mass is 10.2. The monoisotopic (exact) mass is 326 g/mol. The van der Waals surface area contributed by atoms with Crippen LogP contribution in [0.3, 0.4) is 0 Å². The second kappa shape index (κ2) is 9.42. The van der Waals surface area contributed by atoms with E-state index in [2.05, 4.69) is 20.9 Å². The molecule has 0 unspecified atom stereocenters. The summed E-state index contributed by atoms with van der Waals surface area (Å²) in [4.78, 5) is 27.7. The molecule has 0 fully saturated rings. The number of carbonyl (C=O) groups is 2. The van der Waals surface area contributed by atoms with Gasteiger partial charge in [0, 0.05) is 36.6 Å². The van der Waals surface area contributed by atoms with E-state index in [1.54, 1.807) is 24.5 Å². The minimum absolute atomic E-state index is 0.0245. The summed E-state index contributed by atoms with van der Waals surface area (Å²) >= 11 is 0. The van der Waals surface area contributed by atoms with Crippen LogP contribution in [0.15, 0.2) is 48.8 Å². The number of anilines is 1. The average Bonchev–Trinajstić information content (AvgIpc) is 2.61. The quantitative estimate of drug-likeness (QED) is 0.648. The van der Waals surface area contributed by atoms with Gasteiger partial charge in [0.15, 0.2) is 0 Å². The van der Waals surface area contributed by atoms with Gasteiger partial charge in [0.25, 0.3) is 5.91 Å². The molecule has 0 saturated carbocycles. The van der Waals surface area contributed by atoms with Gasteiger partial charge in [-0.05, 0) is 49.8 Å². The van der Waals surface area contributed by atoms with Crippen LogP contribution in [0, 0.1) is 0 Å². The highest BCUT2D eigenvalue weighted by atomic mass is 16.2. The Labute approximate surface area is 141 Å². The summed E-state index contributed by atoms with van der Waals surface area (Å²) in [6.07, 6.45) is 4.47. The molecule has 0 saturated heterocycles. The maximum atomic E-state index is 12.1. The molecule has 0 bridgehead atoms. The first-order valence-corrected chi connectivity index (χ1v) is 7.90. The highest BCUT2D eigenvalue weighted by molar-refractivity contribution is 6.04. The fourth-order valence-corrected chi connectivity index (χ4v) is 2.18. The number of hydrogen-bond donors (Lipinski definition) is 3. The van der Waals surface area contributed by atoms with Gasteiger partial charge < -0.3 is 16.0 Å². The number of hydrogen-bond acceptors (Lipinski definition) is 4. The van der Waals surface area contributed by atoms with Crippen LogP contribution in [0.4, 0.5) is 5.69 Å². The molecule has 126 valence electrons. The lowest BCUT2D eigenvalue weighted by molar-refractivity contribution is -0.121. The summed E-state index contributed by atoms with van der Waals surface area (Å²) in [6, 6.07) is 10.8. The third kappa shape index (κ3) is 5.81. The number of amides is 2. The zero-order valence-electron chi connectivity index (χ0n) is 13.7. The van der Waals surface area contributed by atoms with E-state index in [-0.39, 0.29) is 11.8 Å². The van der Waals surface area contributed by atoms with Gasteiger partial charge in [0.1, 0.15) is 0 Å². The Balaban J connectivity index is 1.87. The first-order chi connectivity index (χ1) is 11.7. The fourth-order valence-electron chi connectivity index (χ4n) is 2.18. The van der Waals surface area contributed by atoms with Crippen LogP contribution in [0.5, 0.6) is 0 Å². The fraction of sp³-hybridized carbons (Fsp3) is 0.278. The number of rotatable bonds is 8. The molecule has 0 radical (unpaired) electrons. The Morgan fingerprint density at radius 2 is 1.92 bits per heavy atom. The zero-order chi connectivity index (χ0) is 17.2. The van der Waals surface area contributed by atoms with Gasteiger partial charge in [0.2, 0.25) is 5.91 Å². The van der Waals surface area contributed by atoms with Crippen LogP contribution in [0.1, 0.15) is 28.8 Å². The van der Waals surface area contributed by atoms with Gasteiger partial charge in [-0.3, -0.25) is 14.6 Å². The molecular weight excluding hydrogens is 304 g/mol. The van der Waals surface area contributed by atoms with E-state index in [0.29, 0.717) is 24.2 Å². The Hall–Kier alpha value is -2.73. The van der Waals surface area contributed by atoms with Crippen molar-refractivity contribution in [1.82, 2.24) is 15.6 Å². The van der Waals surface area contributed by atoms with Crippen molar-refractivity contribution < 1.29 is 9.59 Å². The van der Waals surface area contributed by atoms with Gasteiger partial charge in [-0.15, -0.1) is 0 Å². The maximum Gasteiger partial charge on any atom is 0.255 e. The summed E-state index contributed by atoms with van der Waals surface area (Å²) < 4.78 is 0. The minimum atomic E-state index is -0.189. The molecule has 0 aliphatic rings. The Kier molecular flexibility index (Phi) is 6.91. The van der Waals surface area contributed by atoms with E-state index in [0.717, 1.165) is 18.5 Å². The molecule has 6 nitrogen and oxygen atoms in total. The molecule has 3 N–H and O–H groups in total. The van der Waals surface area contributed by atoms with Crippen LogP contribution in [-0.2, 0) is 11.3 Å². The summed E-state index contributed by atoms with van der Waals surface area (Å²) in [5, 5.41) is 8.73. The summed E-state index contributed by atoms with van der Waals surface area (Å²) in [6.45, 7) is 1.27. The van der Waals surface area contributed by atoms with Crippen molar-refractivity contribution in [1.29, 1.82) is 0 Å². The summed E-state index contributed by atoms with van der Waals surface area (Å²) in [7, 11) is 1.86. The number of benzene rings is 1. The molecule has 0 aliphatic carbocycles. The highest BCUT2D eigenvalue weighted by Gasteiger charge is 2.06. The van der Waals surface area contributed by atoms with Crippen LogP contribution in [0.25, 0.3) is 0 Å². The largest absolute Gasteiger partial charge is 0.352 e. The lowest BCUT2D eigenvalue weighted by Gasteiger charge is -2.09. The van der Waals surface area contributed by atoms with Crippen LogP contribution < -0.4 is 16.0 Å². The Morgan fingerprint density at radius 3 is 2.67 bits per heavy atom. The van der Waals surface area contributed by atoms with E-state index >= 15 is 0 Å². The SMILES string of the molecule is CNCCCC(=O)NCc1cccc(NC(=O)c2ccncc2)c1. The predicted octanol–water partition coefficient (Wildman–Crippen LogP) is 1.95. The van der Waals surface area contributed by atoms with Gasteiger partial charge >= 0.3 is 0 Å². The van der Waals surface area contributed by atoms with Gasteiger partial charge in [0.05, 0.1) is 0 Å². The first-order valence-electron chi connectivity index (χ1n) is 7.90. The van der Waals surface area contributed by atoms with Crippen molar-refractivity contribution in [3.8, 4) is 0 Å². The van der Waals surface area contributed by atoms with Crippen LogP contribution in [0.2, 0.25) is 0 Å². The topological polar surface area (TPSA) is 83.1 Å². The minimum Gasteiger partial charge on any atom is -0.352 e. The molecule has 1 aromatic heterocycles. The number of carbonyl (C=O) groups excluding carboxylic acids is 2. The molecule has 0 aliphatic heterocycles. The second-order valence-corrected chi connectivity index (χ2v) is 5.37. The van der Waals surface area contributed by atoms with Crippen molar-refractivity contribution in [2.45, 2.75) is 19.4 Å². The van der Waals surface area contributed by atoms with Gasteiger partial charge in [-0.2, -0.15) is 0 Å². The molecule has 1 heterocycles. The van der Waals surface area contributed by atoms with Crippen molar-refractivity contribution in [2.75, 3.05) is 18.9 Å². The molecular formula is C18H22N4O2. The van der Waals surface area contributed by atoms with Gasteiger partial charge in [-0.1, -0.05) is 12.1 Å². The van der Waals surface area contributed by atoms with Crippen molar-refractivity contribution in [2.24, 2.45) is 0 Å². The normalized spacial score (nSPS) is 10.2. The second-order valence-electron chi connectivity index (χ2n) is 5.37. The molecule has 2 aromatic rings. The highest BCUT2D eigenvalue weighted by Crippen LogP contribution is 2.12. The molecule has 24 heavy (non-hydrogen) atoms. The maximum absolute atomic E-state index is 12.1. The molecule has 2 amide bonds. The molecule has 2 rings (SSSR count). The van der Waals surface area contributed by atoms with Crippen molar-refractivity contribution >= 4 is 17.5 Å². The number of pyridine rings is 1. The van der Waals surface area contributed by atoms with Crippen molar-refractivity contribution in [3.05, 3.63) is 59.9 Å². The van der Waals surface area contributed by atoms with Gasteiger partial charge in [-0.25, -0.2) is 0 Å². The summed E-state index contributed by atoms with van der Waals surface area (Å²) in [5.41, 5.74) is 2.18. The lowest BCUT2D eigenvalue weighted by Crippen LogP contribution is -2.23. The molecule has 6 heteroatoms. The third-order valence-corrected chi connectivity index (χ3v) is 3.45. The predicted molar refractivity (Wildman–Crippen MR) is 93.6 cm³/mol. The van der Waals surface area contributed by atoms with Crippen LogP contribution in [-0.4, -0.2) is 30.4 Å². The Morgan fingerprint density at radius 1 is 1.12 bits per heavy atom. The van der Waals surface area contributed by atoms with E-state index < -0.39 is 0 Å². The number of nitrogens with zero attached hydrogens (tertiary/aromatic N) is 1. The standard InChI is InChI=1S/C18H22N4O2/c1-19-9-3-6-17(23)21-13-14-4-2-5-16(12-14)22-18(24)15-7-10-20-11-8-15/h2,4-5,7-8,10-12,19H,3,6,9,13H2,1H3,(H,21,23)(H,22,24). The molecule has 0 atom stereocenters. The smallest absolute Gasteiger partial charge is 0.255 e. The molecule has 1 aromatic carbocycles. The third-order valence-electron chi connectivity index (χ3n) is 3.45. The first kappa shape index (κ1) is 17.6. The zero-order valence-corrected chi connectivity index (χ0v) is 13.7. The number of aromatic nitrogens is 1. The number of nitrogens with one attached hydrogen (secondary N) is 3. The van der Waals surface area contributed by atoms with E-state index in [9.17, 15) is 9.59 Å². The molecule has 0 spiro atoms. The summed E-state index contributed by atoms with van der Waals surface area (Å²) in [5.74, 6) is -0.165. The van der Waals surface area contributed by atoms with Crippen molar-refractivity contribution in [3.63, 3.8) is 0 Å². The average molecular weight is 326 g/mol.